The molecule has 0 spiro atoms. The van der Waals surface area contributed by atoms with Gasteiger partial charge in [-0.05, 0) is 56.3 Å². The largest absolute Gasteiger partial charge is 0.388 e. The summed E-state index contributed by atoms with van der Waals surface area (Å²) >= 11 is 1.60. The number of benzene rings is 1. The minimum atomic E-state index is -0.414. The second-order valence-electron chi connectivity index (χ2n) is 6.91. The van der Waals surface area contributed by atoms with Crippen molar-refractivity contribution in [3.05, 3.63) is 52.2 Å². The molecule has 1 N–H and O–H groups in total. The summed E-state index contributed by atoms with van der Waals surface area (Å²) in [7, 11) is 0. The summed E-state index contributed by atoms with van der Waals surface area (Å²) in [6.45, 7) is 4.53. The lowest BCUT2D eigenvalue weighted by molar-refractivity contribution is 0.119. The molecule has 6 heteroatoms. The SMILES string of the molecule is CCn1c(CN2CCC[C@@H]2C[C@H](O)c2cccs2)nc2c(F)cccc21. The van der Waals surface area contributed by atoms with E-state index in [4.69, 9.17) is 0 Å². The number of hydrogen-bond donors (Lipinski definition) is 1. The highest BCUT2D eigenvalue weighted by atomic mass is 32.1. The van der Waals surface area contributed by atoms with Crippen LogP contribution in [0.2, 0.25) is 0 Å². The minimum absolute atomic E-state index is 0.262. The number of aryl methyl sites for hydroxylation is 1. The van der Waals surface area contributed by atoms with Crippen LogP contribution in [0.5, 0.6) is 0 Å². The summed E-state index contributed by atoms with van der Waals surface area (Å²) < 4.78 is 16.2. The van der Waals surface area contributed by atoms with Crippen LogP contribution in [0.25, 0.3) is 11.0 Å². The number of aromatic nitrogens is 2. The van der Waals surface area contributed by atoms with Crippen LogP contribution in [-0.4, -0.2) is 32.1 Å². The van der Waals surface area contributed by atoms with Crippen molar-refractivity contribution in [3.8, 4) is 0 Å². The van der Waals surface area contributed by atoms with E-state index in [2.05, 4.69) is 21.4 Å². The van der Waals surface area contributed by atoms with Gasteiger partial charge in [0.2, 0.25) is 0 Å². The summed E-state index contributed by atoms with van der Waals surface area (Å²) in [4.78, 5) is 8.01. The van der Waals surface area contributed by atoms with E-state index in [-0.39, 0.29) is 5.82 Å². The molecule has 0 unspecified atom stereocenters. The Bertz CT molecular complexity index is 877. The van der Waals surface area contributed by atoms with Gasteiger partial charge >= 0.3 is 0 Å². The van der Waals surface area contributed by atoms with Crippen molar-refractivity contribution in [2.45, 2.75) is 51.4 Å². The maximum absolute atomic E-state index is 14.1. The van der Waals surface area contributed by atoms with Gasteiger partial charge in [-0.25, -0.2) is 9.37 Å². The van der Waals surface area contributed by atoms with Gasteiger partial charge in [0.15, 0.2) is 5.82 Å². The van der Waals surface area contributed by atoms with E-state index in [1.54, 1.807) is 17.4 Å². The lowest BCUT2D eigenvalue weighted by Crippen LogP contribution is -2.31. The molecule has 3 aromatic rings. The van der Waals surface area contributed by atoms with E-state index < -0.39 is 6.10 Å². The van der Waals surface area contributed by atoms with Crippen LogP contribution in [0.4, 0.5) is 4.39 Å². The van der Waals surface area contributed by atoms with E-state index >= 15 is 0 Å². The van der Waals surface area contributed by atoms with Crippen molar-refractivity contribution in [1.29, 1.82) is 0 Å². The summed E-state index contributed by atoms with van der Waals surface area (Å²) in [5, 5.41) is 12.5. The number of thiophene rings is 1. The van der Waals surface area contributed by atoms with Gasteiger partial charge in [-0.1, -0.05) is 12.1 Å². The summed E-state index contributed by atoms with van der Waals surface area (Å²) in [6.07, 6.45) is 2.54. The fourth-order valence-corrected chi connectivity index (χ4v) is 4.77. The standard InChI is InChI=1S/C20H24FN3OS/c1-2-24-16-8-3-7-15(21)20(16)22-19(24)13-23-10-4-6-14(23)12-17(25)18-9-5-11-26-18/h3,5,7-9,11,14,17,25H,2,4,6,10,12-13H2,1H3/t14-,17+/m1/s1. The topological polar surface area (TPSA) is 41.3 Å². The third-order valence-electron chi connectivity index (χ3n) is 5.34. The normalized spacial score (nSPS) is 19.4. The van der Waals surface area contributed by atoms with Crippen LogP contribution >= 0.6 is 11.3 Å². The molecular formula is C20H24FN3OS. The molecule has 4 rings (SSSR count). The van der Waals surface area contributed by atoms with Crippen molar-refractivity contribution < 1.29 is 9.50 Å². The molecule has 1 saturated heterocycles. The van der Waals surface area contributed by atoms with E-state index in [1.807, 2.05) is 23.6 Å². The van der Waals surface area contributed by atoms with Crippen molar-refractivity contribution >= 4 is 22.4 Å². The summed E-state index contributed by atoms with van der Waals surface area (Å²) in [5.41, 5.74) is 1.32. The zero-order valence-electron chi connectivity index (χ0n) is 14.9. The molecule has 0 saturated carbocycles. The Morgan fingerprint density at radius 2 is 2.23 bits per heavy atom. The zero-order valence-corrected chi connectivity index (χ0v) is 15.8. The molecular weight excluding hydrogens is 349 g/mol. The molecule has 3 heterocycles. The summed E-state index contributed by atoms with van der Waals surface area (Å²) in [6, 6.07) is 9.45. The number of halogens is 1. The molecule has 1 fully saturated rings. The van der Waals surface area contributed by atoms with Crippen LogP contribution in [0.15, 0.2) is 35.7 Å². The number of fused-ring (bicyclic) bond motifs is 1. The van der Waals surface area contributed by atoms with Crippen LogP contribution in [0, 0.1) is 5.82 Å². The van der Waals surface area contributed by atoms with Gasteiger partial charge < -0.3 is 9.67 Å². The molecule has 1 aliphatic heterocycles. The maximum atomic E-state index is 14.1. The zero-order chi connectivity index (χ0) is 18.1. The highest BCUT2D eigenvalue weighted by Gasteiger charge is 2.29. The molecule has 2 atom stereocenters. The molecule has 0 amide bonds. The third-order valence-corrected chi connectivity index (χ3v) is 6.31. The molecule has 0 aliphatic carbocycles. The molecule has 0 bridgehead atoms. The van der Waals surface area contributed by atoms with Crippen molar-refractivity contribution in [2.75, 3.05) is 6.54 Å². The predicted molar refractivity (Wildman–Crippen MR) is 103 cm³/mol. The highest BCUT2D eigenvalue weighted by molar-refractivity contribution is 7.10. The average Bonchev–Trinajstić information content (AvgIpc) is 3.36. The van der Waals surface area contributed by atoms with Gasteiger partial charge in [0.05, 0.1) is 18.2 Å². The average molecular weight is 373 g/mol. The lowest BCUT2D eigenvalue weighted by Gasteiger charge is -2.26. The number of imidazole rings is 1. The van der Waals surface area contributed by atoms with Crippen molar-refractivity contribution in [1.82, 2.24) is 14.5 Å². The monoisotopic (exact) mass is 373 g/mol. The number of aliphatic hydroxyl groups is 1. The Labute approximate surface area is 156 Å². The molecule has 1 aromatic carbocycles. The minimum Gasteiger partial charge on any atom is -0.388 e. The first kappa shape index (κ1) is 17.6. The van der Waals surface area contributed by atoms with E-state index in [0.29, 0.717) is 18.1 Å². The van der Waals surface area contributed by atoms with Crippen LogP contribution in [-0.2, 0) is 13.1 Å². The molecule has 4 nitrogen and oxygen atoms in total. The molecule has 138 valence electrons. The van der Waals surface area contributed by atoms with Gasteiger partial charge in [0, 0.05) is 17.5 Å². The second kappa shape index (κ2) is 7.47. The molecule has 1 aliphatic rings. The number of aliphatic hydroxyl groups excluding tert-OH is 1. The van der Waals surface area contributed by atoms with E-state index in [0.717, 1.165) is 48.6 Å². The van der Waals surface area contributed by atoms with Gasteiger partial charge in [-0.2, -0.15) is 0 Å². The van der Waals surface area contributed by atoms with Gasteiger partial charge in [-0.3, -0.25) is 4.90 Å². The van der Waals surface area contributed by atoms with Gasteiger partial charge in [-0.15, -0.1) is 11.3 Å². The Balaban J connectivity index is 1.54. The number of rotatable bonds is 6. The van der Waals surface area contributed by atoms with Gasteiger partial charge in [0.1, 0.15) is 11.3 Å². The van der Waals surface area contributed by atoms with Crippen molar-refractivity contribution in [3.63, 3.8) is 0 Å². The van der Waals surface area contributed by atoms with Crippen LogP contribution in [0.3, 0.4) is 0 Å². The predicted octanol–water partition coefficient (Wildman–Crippen LogP) is 4.34. The highest BCUT2D eigenvalue weighted by Crippen LogP contribution is 2.31. The first-order valence-corrected chi connectivity index (χ1v) is 10.1. The number of hydrogen-bond acceptors (Lipinski definition) is 4. The van der Waals surface area contributed by atoms with E-state index in [1.165, 1.54) is 6.07 Å². The first-order valence-electron chi connectivity index (χ1n) is 9.26. The van der Waals surface area contributed by atoms with Gasteiger partial charge in [0.25, 0.3) is 0 Å². The lowest BCUT2D eigenvalue weighted by atomic mass is 10.1. The number of para-hydroxylation sites is 1. The van der Waals surface area contributed by atoms with Crippen LogP contribution in [0.1, 0.15) is 43.0 Å². The fraction of sp³-hybridized carbons (Fsp3) is 0.450. The third kappa shape index (κ3) is 3.29. The second-order valence-corrected chi connectivity index (χ2v) is 7.89. The molecule has 26 heavy (non-hydrogen) atoms. The smallest absolute Gasteiger partial charge is 0.151 e. The first-order chi connectivity index (χ1) is 12.7. The number of likely N-dealkylation sites (tertiary alicyclic amines) is 1. The maximum Gasteiger partial charge on any atom is 0.151 e. The number of nitrogens with zero attached hydrogens (tertiary/aromatic N) is 3. The quantitative estimate of drug-likeness (QED) is 0.699. The van der Waals surface area contributed by atoms with Crippen molar-refractivity contribution in [2.24, 2.45) is 0 Å². The van der Waals surface area contributed by atoms with E-state index in [9.17, 15) is 9.50 Å². The Morgan fingerprint density at radius 3 is 3.00 bits per heavy atom. The Hall–Kier alpha value is -1.76. The molecule has 0 radical (unpaired) electrons. The summed E-state index contributed by atoms with van der Waals surface area (Å²) in [5.74, 6) is 0.646. The Morgan fingerprint density at radius 1 is 1.35 bits per heavy atom. The Kier molecular flexibility index (Phi) is 5.07. The molecule has 2 aromatic heterocycles. The fourth-order valence-electron chi connectivity index (χ4n) is 4.04. The van der Waals surface area contributed by atoms with Crippen LogP contribution < -0.4 is 0 Å².